The molecule has 0 aliphatic carbocycles. The van der Waals surface area contributed by atoms with Crippen molar-refractivity contribution in [1.82, 2.24) is 14.5 Å². The number of nitriles is 1. The lowest BCUT2D eigenvalue weighted by molar-refractivity contribution is -0.155. The molecule has 0 saturated carbocycles. The summed E-state index contributed by atoms with van der Waals surface area (Å²) in [5.74, 6) is 0. The molecule has 7 rings (SSSR count). The third-order valence-corrected chi connectivity index (χ3v) is 8.09. The maximum Gasteiger partial charge on any atom is 0.142 e. The summed E-state index contributed by atoms with van der Waals surface area (Å²) in [6.07, 6.45) is 1.97. The highest BCUT2D eigenvalue weighted by Crippen LogP contribution is 2.45. The van der Waals surface area contributed by atoms with Crippen LogP contribution in [0.2, 0.25) is 0 Å². The molecule has 0 bridgehead atoms. The highest BCUT2D eigenvalue weighted by atomic mass is 16.5. The van der Waals surface area contributed by atoms with Gasteiger partial charge in [-0.1, -0.05) is 6.07 Å². The number of aromatic nitrogens is 2. The molecule has 3 fully saturated rings. The fraction of sp³-hybridized carbons (Fsp3) is 0.481. The molecule has 2 unspecified atom stereocenters. The monoisotopic (exact) mass is 485 g/mol. The Morgan fingerprint density at radius 2 is 1.97 bits per heavy atom. The maximum atomic E-state index is 9.42. The number of hydrogen-bond donors (Lipinski definition) is 1. The first-order chi connectivity index (χ1) is 17.5. The van der Waals surface area contributed by atoms with Crippen molar-refractivity contribution in [1.29, 1.82) is 5.26 Å². The normalized spacial score (nSPS) is 25.6. The molecule has 4 aliphatic heterocycles. The molecule has 1 spiro atoms. The van der Waals surface area contributed by atoms with Crippen molar-refractivity contribution >= 4 is 16.9 Å². The zero-order chi connectivity index (χ0) is 24.4. The average Bonchev–Trinajstić information content (AvgIpc) is 3.46. The number of fused-ring (bicyclic) bond motifs is 3. The standard InChI is InChI=1S/C27H31N7O2/c1-18-10-33(25-5-3-22(9-28)34-26(25)6-7-30-34)14-23(36-18)13-31-16-27(17-31)24-4-2-21(8-19(24)15-35-27)32-11-20(29)12-32/h2-8,18,20,23H,10-17,29H2,1H3. The molecule has 6 heterocycles. The van der Waals surface area contributed by atoms with Crippen LogP contribution in [0.3, 0.4) is 0 Å². The first-order valence-corrected chi connectivity index (χ1v) is 12.8. The van der Waals surface area contributed by atoms with Crippen LogP contribution in [0, 0.1) is 11.3 Å². The Balaban J connectivity index is 1.03. The van der Waals surface area contributed by atoms with Crippen LogP contribution in [0.25, 0.3) is 5.52 Å². The van der Waals surface area contributed by atoms with E-state index >= 15 is 0 Å². The molecule has 0 amide bonds. The molecular formula is C27H31N7O2. The third kappa shape index (κ3) is 3.48. The molecule has 0 radical (unpaired) electrons. The van der Waals surface area contributed by atoms with Gasteiger partial charge in [-0.15, -0.1) is 0 Å². The van der Waals surface area contributed by atoms with Gasteiger partial charge in [0.15, 0.2) is 0 Å². The quantitative estimate of drug-likeness (QED) is 0.597. The van der Waals surface area contributed by atoms with E-state index in [9.17, 15) is 5.26 Å². The SMILES string of the molecule is CC1CN(c2ccc(C#N)n3nccc23)CC(CN2CC3(C2)OCc2cc(N4CC(N)C4)ccc23)O1. The number of morpholine rings is 1. The van der Waals surface area contributed by atoms with Crippen LogP contribution < -0.4 is 15.5 Å². The summed E-state index contributed by atoms with van der Waals surface area (Å²) in [6.45, 7) is 8.96. The van der Waals surface area contributed by atoms with Crippen molar-refractivity contribution in [2.45, 2.75) is 37.4 Å². The van der Waals surface area contributed by atoms with Crippen LogP contribution >= 0.6 is 0 Å². The molecule has 3 aromatic rings. The first kappa shape index (κ1) is 22.1. The van der Waals surface area contributed by atoms with E-state index in [1.807, 2.05) is 18.2 Å². The average molecular weight is 486 g/mol. The summed E-state index contributed by atoms with van der Waals surface area (Å²) in [5.41, 5.74) is 12.3. The summed E-state index contributed by atoms with van der Waals surface area (Å²) >= 11 is 0. The number of ether oxygens (including phenoxy) is 2. The van der Waals surface area contributed by atoms with Crippen molar-refractivity contribution in [2.24, 2.45) is 5.73 Å². The lowest BCUT2D eigenvalue weighted by atomic mass is 9.84. The highest BCUT2D eigenvalue weighted by molar-refractivity contribution is 5.74. The van der Waals surface area contributed by atoms with Crippen LogP contribution in [0.5, 0.6) is 0 Å². The largest absolute Gasteiger partial charge is 0.370 e. The Morgan fingerprint density at radius 3 is 2.78 bits per heavy atom. The van der Waals surface area contributed by atoms with Gasteiger partial charge < -0.3 is 25.0 Å². The van der Waals surface area contributed by atoms with Gasteiger partial charge in [-0.3, -0.25) is 4.90 Å². The van der Waals surface area contributed by atoms with Crippen molar-refractivity contribution in [2.75, 3.05) is 55.6 Å². The molecule has 186 valence electrons. The Kier molecular flexibility index (Phi) is 5.02. The summed E-state index contributed by atoms with van der Waals surface area (Å²) in [4.78, 5) is 7.16. The fourth-order valence-corrected chi connectivity index (χ4v) is 6.41. The number of pyridine rings is 1. The molecule has 2 atom stereocenters. The van der Waals surface area contributed by atoms with E-state index in [2.05, 4.69) is 51.0 Å². The lowest BCUT2D eigenvalue weighted by Gasteiger charge is -2.50. The first-order valence-electron chi connectivity index (χ1n) is 12.8. The summed E-state index contributed by atoms with van der Waals surface area (Å²) in [6, 6.07) is 15.2. The zero-order valence-electron chi connectivity index (χ0n) is 20.5. The van der Waals surface area contributed by atoms with E-state index in [4.69, 9.17) is 15.2 Å². The van der Waals surface area contributed by atoms with Crippen molar-refractivity contribution in [3.05, 3.63) is 59.4 Å². The smallest absolute Gasteiger partial charge is 0.142 e. The summed E-state index contributed by atoms with van der Waals surface area (Å²) < 4.78 is 14.5. The minimum Gasteiger partial charge on any atom is -0.370 e. The van der Waals surface area contributed by atoms with Gasteiger partial charge in [0.05, 0.1) is 36.2 Å². The molecule has 4 aliphatic rings. The number of nitrogens with two attached hydrogens (primary N) is 1. The van der Waals surface area contributed by atoms with Gasteiger partial charge >= 0.3 is 0 Å². The van der Waals surface area contributed by atoms with Crippen LogP contribution in [0.15, 0.2) is 42.6 Å². The minimum absolute atomic E-state index is 0.101. The van der Waals surface area contributed by atoms with E-state index < -0.39 is 0 Å². The Labute approximate surface area is 210 Å². The Morgan fingerprint density at radius 1 is 1.11 bits per heavy atom. The van der Waals surface area contributed by atoms with Crippen LogP contribution in [-0.2, 0) is 21.7 Å². The predicted molar refractivity (Wildman–Crippen MR) is 136 cm³/mol. The number of rotatable bonds is 4. The summed E-state index contributed by atoms with van der Waals surface area (Å²) in [5, 5.41) is 13.8. The summed E-state index contributed by atoms with van der Waals surface area (Å²) in [7, 11) is 0. The lowest BCUT2D eigenvalue weighted by Crippen LogP contribution is -2.62. The van der Waals surface area contributed by atoms with Crippen molar-refractivity contribution < 1.29 is 9.47 Å². The number of likely N-dealkylation sites (tertiary alicyclic amines) is 1. The van der Waals surface area contributed by atoms with E-state index in [1.165, 1.54) is 16.8 Å². The van der Waals surface area contributed by atoms with E-state index in [0.717, 1.165) is 57.0 Å². The molecular weight excluding hydrogens is 454 g/mol. The second-order valence-corrected chi connectivity index (χ2v) is 10.8. The Hall–Kier alpha value is -3.16. The van der Waals surface area contributed by atoms with Crippen LogP contribution in [0.4, 0.5) is 11.4 Å². The van der Waals surface area contributed by atoms with E-state index in [0.29, 0.717) is 18.3 Å². The van der Waals surface area contributed by atoms with Crippen LogP contribution in [-0.4, -0.2) is 78.6 Å². The molecule has 2 aromatic heterocycles. The van der Waals surface area contributed by atoms with Crippen molar-refractivity contribution in [3.8, 4) is 6.07 Å². The third-order valence-electron chi connectivity index (χ3n) is 8.09. The number of hydrogen-bond acceptors (Lipinski definition) is 8. The Bertz CT molecular complexity index is 1350. The van der Waals surface area contributed by atoms with Crippen LogP contribution in [0.1, 0.15) is 23.7 Å². The van der Waals surface area contributed by atoms with E-state index in [1.54, 1.807) is 10.7 Å². The zero-order valence-corrected chi connectivity index (χ0v) is 20.5. The highest BCUT2D eigenvalue weighted by Gasteiger charge is 2.50. The molecule has 36 heavy (non-hydrogen) atoms. The topological polar surface area (TPSA) is 95.3 Å². The maximum absolute atomic E-state index is 9.42. The molecule has 3 saturated heterocycles. The number of anilines is 2. The van der Waals surface area contributed by atoms with Crippen molar-refractivity contribution in [3.63, 3.8) is 0 Å². The van der Waals surface area contributed by atoms with Gasteiger partial charge in [-0.05, 0) is 48.4 Å². The number of nitrogens with zero attached hydrogens (tertiary/aromatic N) is 6. The van der Waals surface area contributed by atoms with Gasteiger partial charge in [-0.2, -0.15) is 10.4 Å². The molecule has 9 nitrogen and oxygen atoms in total. The van der Waals surface area contributed by atoms with Gasteiger partial charge in [-0.25, -0.2) is 4.52 Å². The van der Waals surface area contributed by atoms with Gasteiger partial charge in [0.25, 0.3) is 0 Å². The van der Waals surface area contributed by atoms with Gasteiger partial charge in [0.1, 0.15) is 17.4 Å². The van der Waals surface area contributed by atoms with E-state index in [-0.39, 0.29) is 17.8 Å². The minimum atomic E-state index is -0.184. The predicted octanol–water partition coefficient (Wildman–Crippen LogP) is 1.69. The molecule has 9 heteroatoms. The fourth-order valence-electron chi connectivity index (χ4n) is 6.41. The van der Waals surface area contributed by atoms with Gasteiger partial charge in [0.2, 0.25) is 0 Å². The second kappa shape index (κ2) is 8.18. The van der Waals surface area contributed by atoms with Gasteiger partial charge in [0, 0.05) is 57.5 Å². The molecule has 2 N–H and O–H groups in total. The number of benzene rings is 1. The second-order valence-electron chi connectivity index (χ2n) is 10.8. The molecule has 1 aromatic carbocycles.